The molecule has 0 aliphatic rings. The SMILES string of the molecule is COc1ccc(CNCCc2ccc([N+](=O)[O-])cc2)c(OC)c1OC. The Balaban J connectivity index is 1.94. The van der Waals surface area contributed by atoms with E-state index in [1.165, 1.54) is 12.1 Å². The van der Waals surface area contributed by atoms with Gasteiger partial charge in [0.2, 0.25) is 5.75 Å². The number of nitro benzene ring substituents is 1. The predicted octanol–water partition coefficient (Wildman–Crippen LogP) is 2.95. The van der Waals surface area contributed by atoms with Gasteiger partial charge in [-0.1, -0.05) is 18.2 Å². The first-order valence-electron chi connectivity index (χ1n) is 7.82. The van der Waals surface area contributed by atoms with Crippen molar-refractivity contribution in [2.75, 3.05) is 27.9 Å². The number of rotatable bonds is 9. The average molecular weight is 346 g/mol. The van der Waals surface area contributed by atoms with E-state index in [1.807, 2.05) is 12.1 Å². The zero-order valence-electron chi connectivity index (χ0n) is 14.6. The van der Waals surface area contributed by atoms with Gasteiger partial charge in [-0.15, -0.1) is 0 Å². The third-order valence-corrected chi connectivity index (χ3v) is 3.84. The van der Waals surface area contributed by atoms with Crippen molar-refractivity contribution in [1.29, 1.82) is 0 Å². The highest BCUT2D eigenvalue weighted by atomic mass is 16.6. The van der Waals surface area contributed by atoms with Crippen LogP contribution in [0, 0.1) is 10.1 Å². The van der Waals surface area contributed by atoms with Gasteiger partial charge >= 0.3 is 0 Å². The van der Waals surface area contributed by atoms with Crippen molar-refractivity contribution in [3.05, 3.63) is 57.6 Å². The molecule has 0 saturated carbocycles. The van der Waals surface area contributed by atoms with Crippen molar-refractivity contribution in [1.82, 2.24) is 5.32 Å². The van der Waals surface area contributed by atoms with Crippen LogP contribution in [0.3, 0.4) is 0 Å². The number of hydrogen-bond donors (Lipinski definition) is 1. The van der Waals surface area contributed by atoms with E-state index in [1.54, 1.807) is 33.5 Å². The summed E-state index contributed by atoms with van der Waals surface area (Å²) in [5, 5.41) is 14.0. The van der Waals surface area contributed by atoms with E-state index in [-0.39, 0.29) is 5.69 Å². The second-order valence-electron chi connectivity index (χ2n) is 5.34. The molecule has 0 bridgehead atoms. The van der Waals surface area contributed by atoms with Crippen molar-refractivity contribution in [3.63, 3.8) is 0 Å². The minimum Gasteiger partial charge on any atom is -0.493 e. The molecule has 0 radical (unpaired) electrons. The Morgan fingerprint density at radius 2 is 1.64 bits per heavy atom. The molecule has 2 rings (SSSR count). The fourth-order valence-corrected chi connectivity index (χ4v) is 2.54. The summed E-state index contributed by atoms with van der Waals surface area (Å²) in [6.45, 7) is 1.34. The van der Waals surface area contributed by atoms with Gasteiger partial charge in [-0.3, -0.25) is 10.1 Å². The van der Waals surface area contributed by atoms with Crippen molar-refractivity contribution >= 4 is 5.69 Å². The van der Waals surface area contributed by atoms with Gasteiger partial charge < -0.3 is 19.5 Å². The van der Waals surface area contributed by atoms with Crippen molar-refractivity contribution in [2.45, 2.75) is 13.0 Å². The first-order chi connectivity index (χ1) is 12.1. The zero-order chi connectivity index (χ0) is 18.2. The second kappa shape index (κ2) is 8.89. The molecule has 0 aliphatic heterocycles. The topological polar surface area (TPSA) is 82.9 Å². The maximum absolute atomic E-state index is 10.7. The second-order valence-corrected chi connectivity index (χ2v) is 5.34. The Labute approximate surface area is 146 Å². The Morgan fingerprint density at radius 3 is 2.20 bits per heavy atom. The highest BCUT2D eigenvalue weighted by molar-refractivity contribution is 5.55. The lowest BCUT2D eigenvalue weighted by atomic mass is 10.1. The molecule has 0 aliphatic carbocycles. The lowest BCUT2D eigenvalue weighted by molar-refractivity contribution is -0.384. The molecule has 0 amide bonds. The maximum atomic E-state index is 10.7. The third kappa shape index (κ3) is 4.60. The van der Waals surface area contributed by atoms with E-state index >= 15 is 0 Å². The summed E-state index contributed by atoms with van der Waals surface area (Å²) in [5.74, 6) is 1.83. The number of benzene rings is 2. The van der Waals surface area contributed by atoms with Crippen LogP contribution >= 0.6 is 0 Å². The van der Waals surface area contributed by atoms with E-state index in [4.69, 9.17) is 14.2 Å². The molecule has 1 N–H and O–H groups in total. The summed E-state index contributed by atoms with van der Waals surface area (Å²) in [6, 6.07) is 10.4. The summed E-state index contributed by atoms with van der Waals surface area (Å²) < 4.78 is 16.1. The van der Waals surface area contributed by atoms with E-state index < -0.39 is 4.92 Å². The molecule has 7 nitrogen and oxygen atoms in total. The number of non-ortho nitro benzene ring substituents is 1. The molecular weight excluding hydrogens is 324 g/mol. The summed E-state index contributed by atoms with van der Waals surface area (Å²) in [4.78, 5) is 10.3. The van der Waals surface area contributed by atoms with E-state index in [9.17, 15) is 10.1 Å². The van der Waals surface area contributed by atoms with Crippen LogP contribution in [0.2, 0.25) is 0 Å². The molecular formula is C18H22N2O5. The number of nitrogens with one attached hydrogen (secondary N) is 1. The number of nitro groups is 1. The van der Waals surface area contributed by atoms with Crippen LogP contribution < -0.4 is 19.5 Å². The van der Waals surface area contributed by atoms with Crippen LogP contribution in [0.4, 0.5) is 5.69 Å². The predicted molar refractivity (Wildman–Crippen MR) is 94.6 cm³/mol. The molecule has 7 heteroatoms. The van der Waals surface area contributed by atoms with Crippen molar-refractivity contribution < 1.29 is 19.1 Å². The normalized spacial score (nSPS) is 10.4. The van der Waals surface area contributed by atoms with Gasteiger partial charge in [0, 0.05) is 24.2 Å². The van der Waals surface area contributed by atoms with Gasteiger partial charge in [0.15, 0.2) is 11.5 Å². The summed E-state index contributed by atoms with van der Waals surface area (Å²) >= 11 is 0. The molecule has 0 atom stereocenters. The summed E-state index contributed by atoms with van der Waals surface area (Å²) in [7, 11) is 4.75. The number of ether oxygens (including phenoxy) is 3. The Kier molecular flexibility index (Phi) is 6.59. The maximum Gasteiger partial charge on any atom is 0.269 e. The quantitative estimate of drug-likeness (QED) is 0.427. The fraction of sp³-hybridized carbons (Fsp3) is 0.333. The molecule has 0 unspecified atom stereocenters. The van der Waals surface area contributed by atoms with Gasteiger partial charge in [0.05, 0.1) is 26.3 Å². The largest absolute Gasteiger partial charge is 0.493 e. The van der Waals surface area contributed by atoms with Crippen molar-refractivity contribution in [2.24, 2.45) is 0 Å². The van der Waals surface area contributed by atoms with Gasteiger partial charge in [-0.05, 0) is 24.6 Å². The van der Waals surface area contributed by atoms with Gasteiger partial charge in [-0.25, -0.2) is 0 Å². The first-order valence-corrected chi connectivity index (χ1v) is 7.82. The number of hydrogen-bond acceptors (Lipinski definition) is 6. The molecule has 2 aromatic rings. The van der Waals surface area contributed by atoms with E-state index in [2.05, 4.69) is 5.32 Å². The average Bonchev–Trinajstić information content (AvgIpc) is 2.64. The third-order valence-electron chi connectivity index (χ3n) is 3.84. The lowest BCUT2D eigenvalue weighted by Crippen LogP contribution is -2.17. The summed E-state index contributed by atoms with van der Waals surface area (Å²) in [6.07, 6.45) is 0.771. The smallest absolute Gasteiger partial charge is 0.269 e. The molecule has 0 saturated heterocycles. The zero-order valence-corrected chi connectivity index (χ0v) is 14.6. The molecule has 0 fully saturated rings. The summed E-state index contributed by atoms with van der Waals surface area (Å²) in [5.41, 5.74) is 2.10. The molecule has 2 aromatic carbocycles. The highest BCUT2D eigenvalue weighted by Crippen LogP contribution is 2.39. The standard InChI is InChI=1S/C18H22N2O5/c1-23-16-9-6-14(17(24-2)18(16)25-3)12-19-11-10-13-4-7-15(8-5-13)20(21)22/h4-9,19H,10-12H2,1-3H3. The number of methoxy groups -OCH3 is 3. The Hall–Kier alpha value is -2.80. The Morgan fingerprint density at radius 1 is 0.960 bits per heavy atom. The minimum absolute atomic E-state index is 0.103. The van der Waals surface area contributed by atoms with Gasteiger partial charge in [0.1, 0.15) is 0 Å². The number of nitrogens with zero attached hydrogens (tertiary/aromatic N) is 1. The minimum atomic E-state index is -0.397. The van der Waals surface area contributed by atoms with Crippen LogP contribution in [0.25, 0.3) is 0 Å². The lowest BCUT2D eigenvalue weighted by Gasteiger charge is -2.16. The van der Waals surface area contributed by atoms with E-state index in [0.717, 1.165) is 24.1 Å². The van der Waals surface area contributed by atoms with Crippen LogP contribution in [-0.4, -0.2) is 32.8 Å². The highest BCUT2D eigenvalue weighted by Gasteiger charge is 2.15. The molecule has 25 heavy (non-hydrogen) atoms. The van der Waals surface area contributed by atoms with Gasteiger partial charge in [-0.2, -0.15) is 0 Å². The molecule has 0 spiro atoms. The molecule has 134 valence electrons. The first kappa shape index (κ1) is 18.5. The molecule has 0 aromatic heterocycles. The van der Waals surface area contributed by atoms with Crippen molar-refractivity contribution in [3.8, 4) is 17.2 Å². The monoisotopic (exact) mass is 346 g/mol. The van der Waals surface area contributed by atoms with Crippen LogP contribution in [0.5, 0.6) is 17.2 Å². The van der Waals surface area contributed by atoms with Crippen LogP contribution in [-0.2, 0) is 13.0 Å². The fourth-order valence-electron chi connectivity index (χ4n) is 2.54. The van der Waals surface area contributed by atoms with E-state index in [0.29, 0.717) is 23.8 Å². The van der Waals surface area contributed by atoms with Gasteiger partial charge in [0.25, 0.3) is 5.69 Å². The van der Waals surface area contributed by atoms with Crippen LogP contribution in [0.15, 0.2) is 36.4 Å². The Bertz CT molecular complexity index is 716. The molecule has 0 heterocycles. The van der Waals surface area contributed by atoms with Crippen LogP contribution in [0.1, 0.15) is 11.1 Å².